The summed E-state index contributed by atoms with van der Waals surface area (Å²) in [5.74, 6) is 0.354. The first-order valence-electron chi connectivity index (χ1n) is 6.52. The quantitative estimate of drug-likeness (QED) is 0.943. The second-order valence-electron chi connectivity index (χ2n) is 5.17. The Kier molecular flexibility index (Phi) is 3.33. The zero-order valence-corrected chi connectivity index (χ0v) is 11.7. The number of hydrogen-bond acceptors (Lipinski definition) is 4. The van der Waals surface area contributed by atoms with E-state index in [9.17, 15) is 12.8 Å². The van der Waals surface area contributed by atoms with Crippen LogP contribution in [0.4, 0.5) is 10.1 Å². The monoisotopic (exact) mass is 294 g/mol. The maximum Gasteiger partial charge on any atom is 0.150 e. The smallest absolute Gasteiger partial charge is 0.150 e. The number of nitrogens with one attached hydrogen (secondary N) is 1. The molecule has 6 heteroatoms. The second kappa shape index (κ2) is 5.01. The summed E-state index contributed by atoms with van der Waals surface area (Å²) in [7, 11) is -2.85. The Bertz CT molecular complexity index is 746. The largest absolute Gasteiger partial charge is 0.384 e. The highest BCUT2D eigenvalue weighted by molar-refractivity contribution is 7.91. The predicted molar refractivity (Wildman–Crippen MR) is 77.0 cm³/mol. The van der Waals surface area contributed by atoms with E-state index in [1.807, 2.05) is 6.07 Å². The molecule has 1 aliphatic rings. The molecule has 1 aromatic heterocycles. The highest BCUT2D eigenvalue weighted by atomic mass is 32.2. The fraction of sp³-hybridized carbons (Fsp3) is 0.357. The molecule has 4 nitrogen and oxygen atoms in total. The Morgan fingerprint density at radius 1 is 1.35 bits per heavy atom. The number of halogens is 1. The summed E-state index contributed by atoms with van der Waals surface area (Å²) in [6.45, 7) is 0.607. The fourth-order valence-electron chi connectivity index (χ4n) is 2.56. The maximum absolute atomic E-state index is 13.2. The van der Waals surface area contributed by atoms with Gasteiger partial charge in [-0.2, -0.15) is 0 Å². The van der Waals surface area contributed by atoms with Crippen molar-refractivity contribution in [1.29, 1.82) is 0 Å². The van der Waals surface area contributed by atoms with E-state index in [4.69, 9.17) is 0 Å². The van der Waals surface area contributed by atoms with Gasteiger partial charge in [-0.15, -0.1) is 0 Å². The van der Waals surface area contributed by atoms with Crippen molar-refractivity contribution in [1.82, 2.24) is 4.98 Å². The summed E-state index contributed by atoms with van der Waals surface area (Å²) in [5.41, 5.74) is 1.45. The third-order valence-electron chi connectivity index (χ3n) is 3.61. The number of pyridine rings is 1. The molecule has 0 aliphatic carbocycles. The van der Waals surface area contributed by atoms with Crippen molar-refractivity contribution in [2.45, 2.75) is 6.42 Å². The van der Waals surface area contributed by atoms with E-state index in [1.165, 1.54) is 12.1 Å². The second-order valence-corrected chi connectivity index (χ2v) is 7.40. The van der Waals surface area contributed by atoms with Gasteiger partial charge >= 0.3 is 0 Å². The molecule has 3 rings (SSSR count). The molecule has 0 amide bonds. The van der Waals surface area contributed by atoms with Crippen LogP contribution >= 0.6 is 0 Å². The molecule has 1 aromatic carbocycles. The number of hydrogen-bond donors (Lipinski definition) is 1. The van der Waals surface area contributed by atoms with E-state index < -0.39 is 9.84 Å². The van der Waals surface area contributed by atoms with Crippen molar-refractivity contribution >= 4 is 26.4 Å². The number of rotatable bonds is 3. The third-order valence-corrected chi connectivity index (χ3v) is 5.45. The lowest BCUT2D eigenvalue weighted by atomic mass is 10.1. The van der Waals surface area contributed by atoms with Gasteiger partial charge in [0.05, 0.1) is 17.0 Å². The van der Waals surface area contributed by atoms with Crippen LogP contribution in [0.3, 0.4) is 0 Å². The van der Waals surface area contributed by atoms with Crippen molar-refractivity contribution < 1.29 is 12.8 Å². The topological polar surface area (TPSA) is 59.1 Å². The Morgan fingerprint density at radius 3 is 2.95 bits per heavy atom. The molecular formula is C14H15FN2O2S. The van der Waals surface area contributed by atoms with Gasteiger partial charge in [-0.25, -0.2) is 12.8 Å². The van der Waals surface area contributed by atoms with Gasteiger partial charge < -0.3 is 5.32 Å². The summed E-state index contributed by atoms with van der Waals surface area (Å²) in [6, 6.07) is 6.30. The Hall–Kier alpha value is -1.69. The normalized spacial score (nSPS) is 21.1. The van der Waals surface area contributed by atoms with Crippen LogP contribution in [0.2, 0.25) is 0 Å². The van der Waals surface area contributed by atoms with Crippen LogP contribution in [0.1, 0.15) is 6.42 Å². The van der Waals surface area contributed by atoms with Gasteiger partial charge in [-0.05, 0) is 30.5 Å². The van der Waals surface area contributed by atoms with Crippen LogP contribution in [-0.2, 0) is 9.84 Å². The first kappa shape index (κ1) is 13.3. The first-order chi connectivity index (χ1) is 9.53. The number of sulfone groups is 1. The molecule has 2 heterocycles. The minimum atomic E-state index is -2.85. The highest BCUT2D eigenvalue weighted by Crippen LogP contribution is 2.24. The lowest BCUT2D eigenvalue weighted by Gasteiger charge is -2.12. The van der Waals surface area contributed by atoms with Crippen molar-refractivity contribution in [3.05, 3.63) is 36.3 Å². The average molecular weight is 294 g/mol. The minimum absolute atomic E-state index is 0.142. The molecule has 0 spiro atoms. The van der Waals surface area contributed by atoms with Gasteiger partial charge in [0.25, 0.3) is 0 Å². The van der Waals surface area contributed by atoms with Crippen molar-refractivity contribution in [2.75, 3.05) is 23.4 Å². The van der Waals surface area contributed by atoms with E-state index in [0.29, 0.717) is 18.5 Å². The molecule has 1 N–H and O–H groups in total. The van der Waals surface area contributed by atoms with Crippen molar-refractivity contribution in [3.63, 3.8) is 0 Å². The van der Waals surface area contributed by atoms with Crippen LogP contribution < -0.4 is 5.32 Å². The van der Waals surface area contributed by atoms with E-state index in [2.05, 4.69) is 10.3 Å². The predicted octanol–water partition coefficient (Wildman–Crippen LogP) is 2.22. The number of anilines is 1. The van der Waals surface area contributed by atoms with Crippen LogP contribution in [-0.4, -0.2) is 31.5 Å². The lowest BCUT2D eigenvalue weighted by Crippen LogP contribution is -2.15. The Balaban J connectivity index is 1.78. The Morgan fingerprint density at radius 2 is 2.20 bits per heavy atom. The van der Waals surface area contributed by atoms with Gasteiger partial charge in [0.15, 0.2) is 9.84 Å². The molecule has 106 valence electrons. The number of nitrogens with zero attached hydrogens (tertiary/aromatic N) is 1. The molecule has 1 fully saturated rings. The maximum atomic E-state index is 13.2. The molecule has 1 atom stereocenters. The molecule has 0 radical (unpaired) electrons. The number of aromatic nitrogens is 1. The molecule has 1 aliphatic heterocycles. The van der Waals surface area contributed by atoms with Crippen LogP contribution in [0, 0.1) is 11.7 Å². The van der Waals surface area contributed by atoms with Gasteiger partial charge in [0.2, 0.25) is 0 Å². The fourth-order valence-corrected chi connectivity index (χ4v) is 4.42. The van der Waals surface area contributed by atoms with Crippen molar-refractivity contribution in [3.8, 4) is 0 Å². The van der Waals surface area contributed by atoms with E-state index in [-0.39, 0.29) is 23.2 Å². The molecule has 0 unspecified atom stereocenters. The summed E-state index contributed by atoms with van der Waals surface area (Å²) in [4.78, 5) is 4.13. The van der Waals surface area contributed by atoms with Crippen LogP contribution in [0.25, 0.3) is 10.9 Å². The van der Waals surface area contributed by atoms with Gasteiger partial charge in [-0.1, -0.05) is 0 Å². The molecule has 0 bridgehead atoms. The summed E-state index contributed by atoms with van der Waals surface area (Å²) >= 11 is 0. The van der Waals surface area contributed by atoms with Crippen molar-refractivity contribution in [2.24, 2.45) is 5.92 Å². The zero-order chi connectivity index (χ0) is 14.2. The summed E-state index contributed by atoms with van der Waals surface area (Å²) in [5, 5.41) is 4.10. The lowest BCUT2D eigenvalue weighted by molar-refractivity contribution is 0.596. The minimum Gasteiger partial charge on any atom is -0.384 e. The highest BCUT2D eigenvalue weighted by Gasteiger charge is 2.27. The number of benzene rings is 1. The molecule has 1 saturated heterocycles. The van der Waals surface area contributed by atoms with E-state index in [0.717, 1.165) is 11.1 Å². The Labute approximate surface area is 116 Å². The molecular weight excluding hydrogens is 279 g/mol. The molecule has 20 heavy (non-hydrogen) atoms. The first-order valence-corrected chi connectivity index (χ1v) is 8.34. The van der Waals surface area contributed by atoms with E-state index >= 15 is 0 Å². The zero-order valence-electron chi connectivity index (χ0n) is 10.8. The van der Waals surface area contributed by atoms with Crippen LogP contribution in [0.15, 0.2) is 30.5 Å². The van der Waals surface area contributed by atoms with E-state index in [1.54, 1.807) is 12.3 Å². The van der Waals surface area contributed by atoms with Crippen LogP contribution in [0.5, 0.6) is 0 Å². The SMILES string of the molecule is O=S1(=O)CC[C@@H](CNc2ccnc3cc(F)ccc23)C1. The third kappa shape index (κ3) is 2.75. The van der Waals surface area contributed by atoms with Gasteiger partial charge in [-0.3, -0.25) is 4.98 Å². The standard InChI is InChI=1S/C14H15FN2O2S/c15-11-1-2-12-13(3-5-16-14(12)7-11)17-8-10-4-6-20(18,19)9-10/h1-3,5,7,10H,4,6,8-9H2,(H,16,17)/t10-/m0/s1. The summed E-state index contributed by atoms with van der Waals surface area (Å²) < 4.78 is 36.0. The molecule has 0 saturated carbocycles. The summed E-state index contributed by atoms with van der Waals surface area (Å²) in [6.07, 6.45) is 2.32. The van der Waals surface area contributed by atoms with Gasteiger partial charge in [0, 0.05) is 29.9 Å². The molecule has 2 aromatic rings. The average Bonchev–Trinajstić information content (AvgIpc) is 2.75. The van der Waals surface area contributed by atoms with Gasteiger partial charge in [0.1, 0.15) is 5.82 Å². The number of fused-ring (bicyclic) bond motifs is 1.